The van der Waals surface area contributed by atoms with Gasteiger partial charge in [0.1, 0.15) is 0 Å². The fourth-order valence-electron chi connectivity index (χ4n) is 1.88. The van der Waals surface area contributed by atoms with Gasteiger partial charge in [-0.05, 0) is 23.6 Å². The van der Waals surface area contributed by atoms with Crippen molar-refractivity contribution < 1.29 is 4.79 Å². The van der Waals surface area contributed by atoms with Crippen molar-refractivity contribution in [2.45, 2.75) is 39.7 Å². The maximum atomic E-state index is 11.8. The molecule has 0 saturated heterocycles. The first-order valence-electron chi connectivity index (χ1n) is 6.86. The van der Waals surface area contributed by atoms with E-state index in [0.717, 1.165) is 5.56 Å². The zero-order chi connectivity index (χ0) is 14.5. The normalized spacial score (nSPS) is 13.1. The first-order valence-corrected chi connectivity index (χ1v) is 6.86. The molecule has 0 spiro atoms. The molecule has 0 fully saturated rings. The predicted molar refractivity (Wildman–Crippen MR) is 80.1 cm³/mol. The molecule has 0 aliphatic rings. The van der Waals surface area contributed by atoms with E-state index in [4.69, 9.17) is 0 Å². The molecular weight excluding hydrogens is 236 g/mol. The van der Waals surface area contributed by atoms with E-state index in [9.17, 15) is 4.79 Å². The summed E-state index contributed by atoms with van der Waals surface area (Å²) in [6, 6.07) is 8.45. The van der Waals surface area contributed by atoms with E-state index in [1.807, 2.05) is 14.0 Å². The molecule has 0 saturated carbocycles. The van der Waals surface area contributed by atoms with E-state index in [-0.39, 0.29) is 17.2 Å². The fraction of sp³-hybridized carbons (Fsp3) is 0.562. The Morgan fingerprint density at radius 1 is 1.21 bits per heavy atom. The standard InChI is InChI=1S/C16H26N2O/c1-12(10-17-5)15(19)18-11-13-6-8-14(9-7-13)16(2,3)4/h6-9,12,17H,10-11H2,1-5H3,(H,18,19). The molecule has 1 aromatic carbocycles. The van der Waals surface area contributed by atoms with Crippen molar-refractivity contribution in [1.29, 1.82) is 0 Å². The van der Waals surface area contributed by atoms with Gasteiger partial charge in [-0.25, -0.2) is 0 Å². The second-order valence-electron chi connectivity index (χ2n) is 6.12. The van der Waals surface area contributed by atoms with E-state index < -0.39 is 0 Å². The van der Waals surface area contributed by atoms with Crippen LogP contribution in [0.25, 0.3) is 0 Å². The summed E-state index contributed by atoms with van der Waals surface area (Å²) < 4.78 is 0. The average Bonchev–Trinajstić information content (AvgIpc) is 2.35. The lowest BCUT2D eigenvalue weighted by molar-refractivity contribution is -0.124. The zero-order valence-corrected chi connectivity index (χ0v) is 12.7. The third-order valence-corrected chi connectivity index (χ3v) is 3.24. The second-order valence-corrected chi connectivity index (χ2v) is 6.12. The summed E-state index contributed by atoms with van der Waals surface area (Å²) in [4.78, 5) is 11.8. The van der Waals surface area contributed by atoms with Gasteiger partial charge in [0.05, 0.1) is 0 Å². The van der Waals surface area contributed by atoms with Crippen LogP contribution in [0.2, 0.25) is 0 Å². The molecule has 0 bridgehead atoms. The Morgan fingerprint density at radius 2 is 1.79 bits per heavy atom. The summed E-state index contributed by atoms with van der Waals surface area (Å²) in [5.41, 5.74) is 2.62. The summed E-state index contributed by atoms with van der Waals surface area (Å²) in [6.07, 6.45) is 0. The van der Waals surface area contributed by atoms with Gasteiger partial charge in [-0.1, -0.05) is 52.0 Å². The highest BCUT2D eigenvalue weighted by atomic mass is 16.1. The Bertz CT molecular complexity index is 404. The third-order valence-electron chi connectivity index (χ3n) is 3.24. The topological polar surface area (TPSA) is 41.1 Å². The number of carbonyl (C=O) groups is 1. The SMILES string of the molecule is CNCC(C)C(=O)NCc1ccc(C(C)(C)C)cc1. The number of carbonyl (C=O) groups excluding carboxylic acids is 1. The minimum Gasteiger partial charge on any atom is -0.352 e. The molecule has 1 atom stereocenters. The number of hydrogen-bond donors (Lipinski definition) is 2. The van der Waals surface area contributed by atoms with Crippen LogP contribution in [0.4, 0.5) is 0 Å². The lowest BCUT2D eigenvalue weighted by Gasteiger charge is -2.19. The van der Waals surface area contributed by atoms with Gasteiger partial charge < -0.3 is 10.6 Å². The molecule has 3 heteroatoms. The largest absolute Gasteiger partial charge is 0.352 e. The molecule has 0 aliphatic carbocycles. The van der Waals surface area contributed by atoms with E-state index in [1.165, 1.54) is 5.56 Å². The Balaban J connectivity index is 2.53. The van der Waals surface area contributed by atoms with E-state index >= 15 is 0 Å². The Kier molecular flexibility index (Phi) is 5.55. The molecule has 1 amide bonds. The van der Waals surface area contributed by atoms with Crippen LogP contribution >= 0.6 is 0 Å². The Morgan fingerprint density at radius 3 is 2.26 bits per heavy atom. The Hall–Kier alpha value is -1.35. The molecule has 19 heavy (non-hydrogen) atoms. The smallest absolute Gasteiger partial charge is 0.224 e. The number of nitrogens with one attached hydrogen (secondary N) is 2. The van der Waals surface area contributed by atoms with Crippen molar-refractivity contribution in [3.63, 3.8) is 0 Å². The van der Waals surface area contributed by atoms with Crippen molar-refractivity contribution in [3.05, 3.63) is 35.4 Å². The molecule has 1 rings (SSSR count). The van der Waals surface area contributed by atoms with E-state index in [0.29, 0.717) is 13.1 Å². The minimum atomic E-state index is -0.00107. The van der Waals surface area contributed by atoms with Gasteiger partial charge in [-0.15, -0.1) is 0 Å². The molecule has 0 heterocycles. The van der Waals surface area contributed by atoms with Crippen LogP contribution in [-0.2, 0) is 16.8 Å². The predicted octanol–water partition coefficient (Wildman–Crippen LogP) is 2.46. The average molecular weight is 262 g/mol. The second kappa shape index (κ2) is 6.71. The third kappa shape index (κ3) is 5.03. The summed E-state index contributed by atoms with van der Waals surface area (Å²) in [5, 5.41) is 5.97. The first-order chi connectivity index (χ1) is 8.84. The molecule has 0 radical (unpaired) electrons. The monoisotopic (exact) mass is 262 g/mol. The summed E-state index contributed by atoms with van der Waals surface area (Å²) in [7, 11) is 1.86. The summed E-state index contributed by atoms with van der Waals surface area (Å²) >= 11 is 0. The minimum absolute atomic E-state index is 0.00107. The summed E-state index contributed by atoms with van der Waals surface area (Å²) in [5.74, 6) is 0.0908. The number of amides is 1. The quantitative estimate of drug-likeness (QED) is 0.856. The molecule has 0 aliphatic heterocycles. The van der Waals surface area contributed by atoms with Gasteiger partial charge in [-0.3, -0.25) is 4.79 Å². The van der Waals surface area contributed by atoms with E-state index in [2.05, 4.69) is 55.7 Å². The lowest BCUT2D eigenvalue weighted by Crippen LogP contribution is -2.33. The molecule has 2 N–H and O–H groups in total. The van der Waals surface area contributed by atoms with Crippen LogP contribution in [0, 0.1) is 5.92 Å². The fourth-order valence-corrected chi connectivity index (χ4v) is 1.88. The number of rotatable bonds is 5. The van der Waals surface area contributed by atoms with Crippen LogP contribution in [-0.4, -0.2) is 19.5 Å². The highest BCUT2D eigenvalue weighted by Crippen LogP contribution is 2.22. The maximum absolute atomic E-state index is 11.8. The van der Waals surface area contributed by atoms with Crippen molar-refractivity contribution in [2.24, 2.45) is 5.92 Å². The van der Waals surface area contributed by atoms with Crippen LogP contribution < -0.4 is 10.6 Å². The molecule has 106 valence electrons. The zero-order valence-electron chi connectivity index (χ0n) is 12.7. The van der Waals surface area contributed by atoms with Gasteiger partial charge in [0.25, 0.3) is 0 Å². The van der Waals surface area contributed by atoms with Gasteiger partial charge in [0, 0.05) is 19.0 Å². The molecule has 0 aromatic heterocycles. The first kappa shape index (κ1) is 15.7. The van der Waals surface area contributed by atoms with Gasteiger partial charge in [-0.2, -0.15) is 0 Å². The Labute approximate surface area is 116 Å². The van der Waals surface area contributed by atoms with Gasteiger partial charge in [0.15, 0.2) is 0 Å². The highest BCUT2D eigenvalue weighted by Gasteiger charge is 2.13. The van der Waals surface area contributed by atoms with Crippen molar-refractivity contribution in [1.82, 2.24) is 10.6 Å². The van der Waals surface area contributed by atoms with Crippen LogP contribution in [0.1, 0.15) is 38.8 Å². The van der Waals surface area contributed by atoms with Gasteiger partial charge >= 0.3 is 0 Å². The lowest BCUT2D eigenvalue weighted by atomic mass is 9.87. The van der Waals surface area contributed by atoms with Crippen LogP contribution in [0.3, 0.4) is 0 Å². The molecule has 3 nitrogen and oxygen atoms in total. The van der Waals surface area contributed by atoms with Crippen molar-refractivity contribution >= 4 is 5.91 Å². The summed E-state index contributed by atoms with van der Waals surface area (Å²) in [6.45, 7) is 9.82. The molecule has 1 aromatic rings. The van der Waals surface area contributed by atoms with E-state index in [1.54, 1.807) is 0 Å². The van der Waals surface area contributed by atoms with Gasteiger partial charge in [0.2, 0.25) is 5.91 Å². The number of hydrogen-bond acceptors (Lipinski definition) is 2. The molecule has 1 unspecified atom stereocenters. The van der Waals surface area contributed by atoms with Crippen LogP contribution in [0.15, 0.2) is 24.3 Å². The number of benzene rings is 1. The van der Waals surface area contributed by atoms with Crippen molar-refractivity contribution in [3.8, 4) is 0 Å². The maximum Gasteiger partial charge on any atom is 0.224 e. The molecular formula is C16H26N2O. The van der Waals surface area contributed by atoms with Crippen LogP contribution in [0.5, 0.6) is 0 Å². The van der Waals surface area contributed by atoms with Crippen molar-refractivity contribution in [2.75, 3.05) is 13.6 Å². The highest BCUT2D eigenvalue weighted by molar-refractivity contribution is 5.78.